The van der Waals surface area contributed by atoms with Gasteiger partial charge < -0.3 is 4.74 Å². The van der Waals surface area contributed by atoms with Crippen LogP contribution in [0.2, 0.25) is 0 Å². The second-order valence-electron chi connectivity index (χ2n) is 7.33. The van der Waals surface area contributed by atoms with E-state index in [-0.39, 0.29) is 0 Å². The normalized spacial score (nSPS) is 11.2. The Labute approximate surface area is 178 Å². The Morgan fingerprint density at radius 2 is 1.00 bits per heavy atom. The monoisotopic (exact) mass is 402 g/mol. The van der Waals surface area contributed by atoms with E-state index in [0.717, 1.165) is 44.7 Å². The summed E-state index contributed by atoms with van der Waals surface area (Å²) in [5.41, 5.74) is 4.03. The average Bonchev–Trinajstić information content (AvgIpc) is 3.44. The maximum Gasteiger partial charge on any atom is 0.129 e. The molecule has 6 aromatic rings. The summed E-state index contributed by atoms with van der Waals surface area (Å²) in [6, 6.07) is 32.2. The zero-order valence-electron chi connectivity index (χ0n) is 16.6. The topological polar surface area (TPSA) is 44.9 Å². The molecule has 0 unspecified atom stereocenters. The molecule has 0 spiro atoms. The molecule has 0 aliphatic carbocycles. The average molecular weight is 402 g/mol. The van der Waals surface area contributed by atoms with Gasteiger partial charge in [0.25, 0.3) is 0 Å². The second-order valence-corrected chi connectivity index (χ2v) is 7.33. The second kappa shape index (κ2) is 7.15. The van der Waals surface area contributed by atoms with Crippen molar-refractivity contribution in [3.05, 3.63) is 109 Å². The van der Waals surface area contributed by atoms with Gasteiger partial charge in [0.15, 0.2) is 0 Å². The van der Waals surface area contributed by atoms with Crippen LogP contribution in [0.4, 0.5) is 0 Å². The smallest absolute Gasteiger partial charge is 0.129 e. The van der Waals surface area contributed by atoms with Crippen LogP contribution in [0.5, 0.6) is 11.5 Å². The zero-order valence-corrected chi connectivity index (χ0v) is 16.6. The molecule has 0 saturated heterocycles. The van der Waals surface area contributed by atoms with E-state index < -0.39 is 0 Å². The molecule has 0 amide bonds. The van der Waals surface area contributed by atoms with Crippen LogP contribution in [0, 0.1) is 0 Å². The van der Waals surface area contributed by atoms with Crippen molar-refractivity contribution in [3.63, 3.8) is 0 Å². The summed E-state index contributed by atoms with van der Waals surface area (Å²) in [5, 5.41) is 11.3. The van der Waals surface area contributed by atoms with Gasteiger partial charge in [-0.05, 0) is 36.4 Å². The van der Waals surface area contributed by atoms with Gasteiger partial charge in [-0.2, -0.15) is 10.2 Å². The van der Waals surface area contributed by atoms with Gasteiger partial charge in [-0.25, -0.2) is 9.36 Å². The highest BCUT2D eigenvalue weighted by molar-refractivity contribution is 5.81. The summed E-state index contributed by atoms with van der Waals surface area (Å²) in [6.07, 6.45) is 3.75. The van der Waals surface area contributed by atoms with E-state index in [0.29, 0.717) is 0 Å². The van der Waals surface area contributed by atoms with E-state index in [1.807, 2.05) is 94.6 Å². The van der Waals surface area contributed by atoms with Crippen LogP contribution >= 0.6 is 0 Å². The van der Waals surface area contributed by atoms with Gasteiger partial charge >= 0.3 is 0 Å². The lowest BCUT2D eigenvalue weighted by atomic mass is 10.2. The van der Waals surface area contributed by atoms with E-state index in [9.17, 15) is 0 Å². The molecule has 0 bridgehead atoms. The number of para-hydroxylation sites is 2. The summed E-state index contributed by atoms with van der Waals surface area (Å²) in [6.45, 7) is 0. The largest absolute Gasteiger partial charge is 0.457 e. The number of rotatable bonds is 4. The number of nitrogens with zero attached hydrogens (tertiary/aromatic N) is 4. The lowest BCUT2D eigenvalue weighted by Gasteiger charge is -2.10. The van der Waals surface area contributed by atoms with Crippen LogP contribution in [0.1, 0.15) is 0 Å². The van der Waals surface area contributed by atoms with E-state index in [1.165, 1.54) is 0 Å². The van der Waals surface area contributed by atoms with E-state index in [1.54, 1.807) is 0 Å². The first-order chi connectivity index (χ1) is 15.3. The lowest BCUT2D eigenvalue weighted by Crippen LogP contribution is -1.97. The van der Waals surface area contributed by atoms with Gasteiger partial charge in [0.2, 0.25) is 0 Å². The molecule has 0 saturated carbocycles. The highest BCUT2D eigenvalue weighted by Crippen LogP contribution is 2.27. The highest BCUT2D eigenvalue weighted by atomic mass is 16.5. The van der Waals surface area contributed by atoms with Crippen molar-refractivity contribution in [3.8, 4) is 22.9 Å². The third kappa shape index (κ3) is 3.13. The number of hydrogen-bond acceptors (Lipinski definition) is 3. The van der Waals surface area contributed by atoms with Crippen LogP contribution in [0.15, 0.2) is 109 Å². The van der Waals surface area contributed by atoms with Gasteiger partial charge in [0.1, 0.15) is 11.5 Å². The molecule has 5 nitrogen and oxygen atoms in total. The first kappa shape index (κ1) is 17.5. The van der Waals surface area contributed by atoms with Gasteiger partial charge in [0.05, 0.1) is 34.8 Å². The fourth-order valence-electron chi connectivity index (χ4n) is 3.85. The van der Waals surface area contributed by atoms with Crippen LogP contribution in [-0.2, 0) is 0 Å². The molecule has 0 atom stereocenters. The molecule has 0 radical (unpaired) electrons. The van der Waals surface area contributed by atoms with Crippen molar-refractivity contribution in [2.45, 2.75) is 0 Å². The van der Waals surface area contributed by atoms with Crippen LogP contribution in [0.3, 0.4) is 0 Å². The standard InChI is InChI=1S/C26H18N4O/c1-3-13-25-19(7-1)17-27-29(25)21-9-5-11-23(15-21)31-24-12-6-10-22(16-24)30-26-14-4-2-8-20(26)18-28-30/h1-18H. The third-order valence-electron chi connectivity index (χ3n) is 5.31. The van der Waals surface area contributed by atoms with Crippen molar-refractivity contribution >= 4 is 21.8 Å². The first-order valence-corrected chi connectivity index (χ1v) is 10.1. The SMILES string of the molecule is c1cc(Oc2cccc(-n3ncc4ccccc43)c2)cc(-n2ncc3ccccc32)c1. The Bertz CT molecular complexity index is 1410. The molecule has 2 heterocycles. The minimum Gasteiger partial charge on any atom is -0.457 e. The first-order valence-electron chi connectivity index (χ1n) is 10.1. The van der Waals surface area contributed by atoms with Gasteiger partial charge in [-0.3, -0.25) is 0 Å². The number of fused-ring (bicyclic) bond motifs is 2. The minimum absolute atomic E-state index is 0.750. The summed E-state index contributed by atoms with van der Waals surface area (Å²) in [7, 11) is 0. The Kier molecular flexibility index (Phi) is 4.03. The Balaban J connectivity index is 1.34. The lowest BCUT2D eigenvalue weighted by molar-refractivity contribution is 0.482. The predicted molar refractivity (Wildman–Crippen MR) is 122 cm³/mol. The predicted octanol–water partition coefficient (Wildman–Crippen LogP) is 6.16. The Morgan fingerprint density at radius 3 is 1.52 bits per heavy atom. The minimum atomic E-state index is 0.750. The molecule has 148 valence electrons. The van der Waals surface area contributed by atoms with E-state index in [2.05, 4.69) is 34.5 Å². The van der Waals surface area contributed by atoms with Crippen LogP contribution in [0.25, 0.3) is 33.2 Å². The highest BCUT2D eigenvalue weighted by Gasteiger charge is 2.08. The summed E-state index contributed by atoms with van der Waals surface area (Å²) < 4.78 is 10.0. The number of aromatic nitrogens is 4. The van der Waals surface area contributed by atoms with Crippen LogP contribution < -0.4 is 4.74 Å². The van der Waals surface area contributed by atoms with Crippen LogP contribution in [-0.4, -0.2) is 19.6 Å². The molecule has 0 aliphatic rings. The molecule has 6 rings (SSSR count). The van der Waals surface area contributed by atoms with Crippen molar-refractivity contribution < 1.29 is 4.74 Å². The number of hydrogen-bond donors (Lipinski definition) is 0. The van der Waals surface area contributed by atoms with Gasteiger partial charge in [0, 0.05) is 22.9 Å². The van der Waals surface area contributed by atoms with Gasteiger partial charge in [-0.15, -0.1) is 0 Å². The molecule has 5 heteroatoms. The molecule has 0 aliphatic heterocycles. The van der Waals surface area contributed by atoms with Crippen molar-refractivity contribution in [2.75, 3.05) is 0 Å². The van der Waals surface area contributed by atoms with E-state index in [4.69, 9.17) is 4.74 Å². The molecular weight excluding hydrogens is 384 g/mol. The maximum absolute atomic E-state index is 6.20. The fraction of sp³-hybridized carbons (Fsp3) is 0. The molecule has 0 N–H and O–H groups in total. The molecular formula is C26H18N4O. The third-order valence-corrected chi connectivity index (χ3v) is 5.31. The fourth-order valence-corrected chi connectivity index (χ4v) is 3.85. The number of ether oxygens (including phenoxy) is 1. The summed E-state index contributed by atoms with van der Waals surface area (Å²) >= 11 is 0. The molecule has 0 fully saturated rings. The van der Waals surface area contributed by atoms with Crippen molar-refractivity contribution in [2.24, 2.45) is 0 Å². The maximum atomic E-state index is 6.20. The van der Waals surface area contributed by atoms with Gasteiger partial charge in [-0.1, -0.05) is 48.5 Å². The summed E-state index contributed by atoms with van der Waals surface area (Å²) in [4.78, 5) is 0. The Morgan fingerprint density at radius 1 is 0.516 bits per heavy atom. The molecule has 2 aromatic heterocycles. The summed E-state index contributed by atoms with van der Waals surface area (Å²) in [5.74, 6) is 1.50. The molecule has 31 heavy (non-hydrogen) atoms. The molecule has 4 aromatic carbocycles. The Hall–Kier alpha value is -4.38. The quantitative estimate of drug-likeness (QED) is 0.355. The van der Waals surface area contributed by atoms with Crippen molar-refractivity contribution in [1.82, 2.24) is 19.6 Å². The van der Waals surface area contributed by atoms with Crippen molar-refractivity contribution in [1.29, 1.82) is 0 Å². The van der Waals surface area contributed by atoms with E-state index >= 15 is 0 Å². The number of benzene rings is 4. The zero-order chi connectivity index (χ0) is 20.6.